The zero-order chi connectivity index (χ0) is 31.2. The molecule has 1 aliphatic carbocycles. The number of sulfonamides is 1. The number of amides is 1. The number of carbonyl (C=O) groups excluding carboxylic acids is 1. The van der Waals surface area contributed by atoms with Crippen molar-refractivity contribution < 1.29 is 31.5 Å². The molecule has 2 heterocycles. The van der Waals surface area contributed by atoms with Crippen LogP contribution in [0.25, 0.3) is 10.8 Å². The average Bonchev–Trinajstić information content (AvgIpc) is 3.60. The minimum absolute atomic E-state index is 0.131. The average molecular weight is 693 g/mol. The van der Waals surface area contributed by atoms with Crippen LogP contribution in [-0.2, 0) is 20.7 Å². The number of nitrogens with two attached hydrogens (primary N) is 1. The van der Waals surface area contributed by atoms with Crippen molar-refractivity contribution in [3.8, 4) is 11.5 Å². The number of methoxy groups -OCH3 is 1. The molecule has 2 saturated heterocycles. The van der Waals surface area contributed by atoms with E-state index in [4.69, 9.17) is 15.2 Å². The van der Waals surface area contributed by atoms with Gasteiger partial charge in [-0.05, 0) is 114 Å². The molecule has 3 N–H and O–H groups in total. The van der Waals surface area contributed by atoms with Crippen molar-refractivity contribution in [2.45, 2.75) is 92.5 Å². The fourth-order valence-electron chi connectivity index (χ4n) is 6.91. The molecule has 1 saturated carbocycles. The number of nitrogens with zero attached hydrogens (tertiary/aromatic N) is 1. The number of carbonyl (C=O) groups is 1. The van der Waals surface area contributed by atoms with Crippen molar-refractivity contribution in [2.75, 3.05) is 7.11 Å². The number of piperidine rings is 1. The number of alkyl halides is 2. The van der Waals surface area contributed by atoms with E-state index in [1.807, 2.05) is 6.07 Å². The molecule has 3 aliphatic rings. The third-order valence-electron chi connectivity index (χ3n) is 9.14. The Hall–Kier alpha value is -2.80. The first-order valence-corrected chi connectivity index (χ1v) is 17.3. The first kappa shape index (κ1) is 31.2. The van der Waals surface area contributed by atoms with Gasteiger partial charge in [0.2, 0.25) is 15.9 Å². The van der Waals surface area contributed by atoms with Gasteiger partial charge in [0.15, 0.2) is 6.04 Å². The first-order chi connectivity index (χ1) is 21.0. The Morgan fingerprint density at radius 3 is 2.34 bits per heavy atom. The molecule has 1 amide bonds. The fourth-order valence-corrected chi connectivity index (χ4v) is 8.54. The quantitative estimate of drug-likeness (QED) is 0.291. The number of halogens is 3. The second-order valence-electron chi connectivity index (χ2n) is 12.1. The molecular formula is C32H36BrF2N3O5S. The molecule has 3 atom stereocenters. The summed E-state index contributed by atoms with van der Waals surface area (Å²) in [6.45, 7) is 0. The fraction of sp³-hybridized carbons (Fsp3) is 0.469. The van der Waals surface area contributed by atoms with Crippen LogP contribution in [0.4, 0.5) is 8.78 Å². The third-order valence-corrected chi connectivity index (χ3v) is 11.2. The Balaban J connectivity index is 1.33. The minimum Gasteiger partial charge on any atom is -0.496 e. The molecule has 3 aromatic carbocycles. The highest BCUT2D eigenvalue weighted by Gasteiger charge is 2.53. The van der Waals surface area contributed by atoms with Gasteiger partial charge in [-0.1, -0.05) is 18.2 Å². The monoisotopic (exact) mass is 691 g/mol. The highest BCUT2D eigenvalue weighted by molar-refractivity contribution is 9.10. The minimum atomic E-state index is -4.58. The summed E-state index contributed by atoms with van der Waals surface area (Å²) < 4.78 is 74.3. The predicted octanol–water partition coefficient (Wildman–Crippen LogP) is 5.85. The molecule has 6 rings (SSSR count). The van der Waals surface area contributed by atoms with Crippen LogP contribution in [0.1, 0.15) is 56.9 Å². The molecule has 0 aromatic heterocycles. The number of rotatable bonds is 9. The van der Waals surface area contributed by atoms with E-state index in [-0.39, 0.29) is 34.9 Å². The standard InChI is InChI=1S/C32H36BrF2N3O5S/c1-42-29-16-21(8-13-28(29)33)32(34,35)30(31(39)38-23-9-10-24(38)18-22(36)17-23)37-44(40,41)27-12-7-19-14-26(11-6-20(19)15-27)43-25-4-2-3-5-25/h6-8,11-16,22-25,30,37H,2-5,9-10,17-18,36H2,1H3. The zero-order valence-corrected chi connectivity index (χ0v) is 26.8. The largest absolute Gasteiger partial charge is 0.496 e. The zero-order valence-electron chi connectivity index (χ0n) is 24.3. The maximum Gasteiger partial charge on any atom is 0.298 e. The van der Waals surface area contributed by atoms with Crippen molar-refractivity contribution in [3.63, 3.8) is 0 Å². The van der Waals surface area contributed by atoms with E-state index < -0.39 is 33.5 Å². The smallest absolute Gasteiger partial charge is 0.298 e. The summed E-state index contributed by atoms with van der Waals surface area (Å²) in [5.41, 5.74) is 5.62. The lowest BCUT2D eigenvalue weighted by Gasteiger charge is -2.41. The summed E-state index contributed by atoms with van der Waals surface area (Å²) in [6.07, 6.45) is 6.69. The summed E-state index contributed by atoms with van der Waals surface area (Å²) in [5.74, 6) is -4.05. The van der Waals surface area contributed by atoms with E-state index >= 15 is 8.78 Å². The molecule has 0 spiro atoms. The third kappa shape index (κ3) is 6.05. The van der Waals surface area contributed by atoms with Gasteiger partial charge in [0, 0.05) is 23.7 Å². The van der Waals surface area contributed by atoms with E-state index in [1.165, 1.54) is 30.2 Å². The van der Waals surface area contributed by atoms with Gasteiger partial charge < -0.3 is 20.1 Å². The summed E-state index contributed by atoms with van der Waals surface area (Å²) in [7, 11) is -3.24. The molecule has 3 fully saturated rings. The van der Waals surface area contributed by atoms with Gasteiger partial charge in [0.1, 0.15) is 11.5 Å². The first-order valence-electron chi connectivity index (χ1n) is 15.0. The van der Waals surface area contributed by atoms with Crippen molar-refractivity contribution in [1.82, 2.24) is 9.62 Å². The number of ether oxygens (including phenoxy) is 2. The molecule has 3 aromatic rings. The lowest BCUT2D eigenvalue weighted by molar-refractivity contribution is -0.149. The van der Waals surface area contributed by atoms with Crippen LogP contribution in [0, 0.1) is 0 Å². The van der Waals surface area contributed by atoms with Crippen LogP contribution in [0.5, 0.6) is 11.5 Å². The number of benzene rings is 3. The van der Waals surface area contributed by atoms with Crippen molar-refractivity contribution in [2.24, 2.45) is 5.73 Å². The Morgan fingerprint density at radius 1 is 1.00 bits per heavy atom. The lowest BCUT2D eigenvalue weighted by atomic mass is 9.94. The molecule has 0 radical (unpaired) electrons. The second kappa shape index (κ2) is 12.2. The van der Waals surface area contributed by atoms with Crippen molar-refractivity contribution in [3.05, 3.63) is 64.6 Å². The Labute approximate surface area is 264 Å². The highest BCUT2D eigenvalue weighted by Crippen LogP contribution is 2.41. The highest BCUT2D eigenvalue weighted by atomic mass is 79.9. The summed E-state index contributed by atoms with van der Waals surface area (Å²) in [6, 6.07) is 10.2. The van der Waals surface area contributed by atoms with Crippen LogP contribution in [0.2, 0.25) is 0 Å². The maximum absolute atomic E-state index is 16.5. The second-order valence-corrected chi connectivity index (χ2v) is 14.7. The van der Waals surface area contributed by atoms with Crippen LogP contribution < -0.4 is 19.9 Å². The van der Waals surface area contributed by atoms with Gasteiger partial charge in [-0.25, -0.2) is 8.42 Å². The number of hydrogen-bond acceptors (Lipinski definition) is 6. The molecule has 8 nitrogen and oxygen atoms in total. The summed E-state index contributed by atoms with van der Waals surface area (Å²) in [4.78, 5) is 15.2. The predicted molar refractivity (Wildman–Crippen MR) is 166 cm³/mol. The van der Waals surface area contributed by atoms with Gasteiger partial charge in [0.25, 0.3) is 5.92 Å². The Morgan fingerprint density at radius 2 is 1.66 bits per heavy atom. The molecule has 236 valence electrons. The summed E-state index contributed by atoms with van der Waals surface area (Å²) >= 11 is 3.26. The molecule has 3 unspecified atom stereocenters. The van der Waals surface area contributed by atoms with Gasteiger partial charge in [0.05, 0.1) is 22.6 Å². The van der Waals surface area contributed by atoms with Crippen LogP contribution in [-0.4, -0.2) is 56.6 Å². The summed E-state index contributed by atoms with van der Waals surface area (Å²) in [5, 5.41) is 1.35. The molecule has 2 bridgehead atoms. The van der Waals surface area contributed by atoms with E-state index in [2.05, 4.69) is 20.7 Å². The van der Waals surface area contributed by atoms with Crippen molar-refractivity contribution >= 4 is 42.6 Å². The molecule has 44 heavy (non-hydrogen) atoms. The van der Waals surface area contributed by atoms with Crippen LogP contribution in [0.15, 0.2) is 64.0 Å². The van der Waals surface area contributed by atoms with E-state index in [1.54, 1.807) is 18.2 Å². The number of nitrogens with one attached hydrogen (secondary N) is 1. The lowest BCUT2D eigenvalue weighted by Crippen LogP contribution is -2.60. The van der Waals surface area contributed by atoms with Crippen molar-refractivity contribution in [1.29, 1.82) is 0 Å². The van der Waals surface area contributed by atoms with Gasteiger partial charge in [-0.2, -0.15) is 13.5 Å². The van der Waals surface area contributed by atoms with E-state index in [9.17, 15) is 13.2 Å². The van der Waals surface area contributed by atoms with Gasteiger partial charge >= 0.3 is 0 Å². The Bertz CT molecular complexity index is 1650. The van der Waals surface area contributed by atoms with E-state index in [0.29, 0.717) is 41.3 Å². The normalized spacial score (nSPS) is 23.2. The van der Waals surface area contributed by atoms with Gasteiger partial charge in [-0.15, -0.1) is 0 Å². The van der Waals surface area contributed by atoms with Crippen LogP contribution >= 0.6 is 15.9 Å². The Kier molecular flexibility index (Phi) is 8.64. The number of hydrogen-bond donors (Lipinski definition) is 2. The SMILES string of the molecule is COc1cc(C(F)(F)C(NS(=O)(=O)c2ccc3cc(OC4CCCC4)ccc3c2)C(=O)N2C3CCC2CC(N)C3)ccc1Br. The molecule has 12 heteroatoms. The number of fused-ring (bicyclic) bond motifs is 3. The van der Waals surface area contributed by atoms with Gasteiger partial charge in [-0.3, -0.25) is 4.79 Å². The maximum atomic E-state index is 16.5. The molecular weight excluding hydrogens is 656 g/mol. The topological polar surface area (TPSA) is 111 Å². The molecule has 2 aliphatic heterocycles. The van der Waals surface area contributed by atoms with E-state index in [0.717, 1.165) is 43.2 Å². The van der Waals surface area contributed by atoms with Crippen LogP contribution in [0.3, 0.4) is 0 Å².